The van der Waals surface area contributed by atoms with Crippen molar-refractivity contribution in [3.05, 3.63) is 53.3 Å². The largest absolute Gasteiger partial charge is 0.382 e. The van der Waals surface area contributed by atoms with E-state index in [0.29, 0.717) is 30.0 Å². The van der Waals surface area contributed by atoms with Gasteiger partial charge in [0.1, 0.15) is 5.82 Å². The second-order valence-corrected chi connectivity index (χ2v) is 6.45. The number of nitrogens with zero attached hydrogens (tertiary/aromatic N) is 4. The number of hydrogen-bond donors (Lipinski definition) is 2. The van der Waals surface area contributed by atoms with Gasteiger partial charge in [0.2, 0.25) is 0 Å². The molecule has 0 radical (unpaired) electrons. The number of nitrogens with one attached hydrogen (secondary N) is 2. The third-order valence-electron chi connectivity index (χ3n) is 4.25. The summed E-state index contributed by atoms with van der Waals surface area (Å²) < 4.78 is 7.04. The van der Waals surface area contributed by atoms with Crippen molar-refractivity contribution in [2.45, 2.75) is 26.7 Å². The van der Waals surface area contributed by atoms with Crippen LogP contribution >= 0.6 is 0 Å². The molecular formula is C20H26N6O2. The smallest absolute Gasteiger partial charge is 0.251 e. The first-order valence-corrected chi connectivity index (χ1v) is 9.55. The number of amides is 1. The zero-order valence-corrected chi connectivity index (χ0v) is 16.3. The third kappa shape index (κ3) is 5.26. The van der Waals surface area contributed by atoms with Crippen molar-refractivity contribution in [2.75, 3.05) is 31.6 Å². The lowest BCUT2D eigenvalue weighted by atomic mass is 10.1. The van der Waals surface area contributed by atoms with Gasteiger partial charge >= 0.3 is 0 Å². The minimum atomic E-state index is -0.0987. The SMILES string of the molecule is CCOCCCNc1ccc2nnc(CCNC(=O)c3ccc(C)cc3)n2n1. The van der Waals surface area contributed by atoms with Crippen LogP contribution in [0.25, 0.3) is 5.65 Å². The standard InChI is InChI=1S/C20H26N6O2/c1-3-28-14-4-12-21-17-9-10-18-23-24-19(26(18)25-17)11-13-22-20(27)16-7-5-15(2)6-8-16/h5-10H,3-4,11-14H2,1-2H3,(H,21,25)(H,22,27). The molecule has 1 aromatic carbocycles. The minimum Gasteiger partial charge on any atom is -0.382 e. The molecule has 8 nitrogen and oxygen atoms in total. The van der Waals surface area contributed by atoms with Crippen LogP contribution in [0.15, 0.2) is 36.4 Å². The highest BCUT2D eigenvalue weighted by atomic mass is 16.5. The van der Waals surface area contributed by atoms with Gasteiger partial charge < -0.3 is 15.4 Å². The van der Waals surface area contributed by atoms with Gasteiger partial charge in [0, 0.05) is 38.3 Å². The summed E-state index contributed by atoms with van der Waals surface area (Å²) >= 11 is 0. The van der Waals surface area contributed by atoms with Gasteiger partial charge in [-0.05, 0) is 44.5 Å². The number of benzene rings is 1. The molecule has 0 spiro atoms. The lowest BCUT2D eigenvalue weighted by molar-refractivity contribution is 0.0954. The molecule has 8 heteroatoms. The van der Waals surface area contributed by atoms with Crippen LogP contribution in [-0.4, -0.2) is 52.0 Å². The lowest BCUT2D eigenvalue weighted by Gasteiger charge is -2.07. The van der Waals surface area contributed by atoms with E-state index in [0.717, 1.165) is 37.6 Å². The van der Waals surface area contributed by atoms with Crippen molar-refractivity contribution in [1.82, 2.24) is 25.1 Å². The van der Waals surface area contributed by atoms with Crippen LogP contribution in [0.2, 0.25) is 0 Å². The fraction of sp³-hybridized carbons (Fsp3) is 0.400. The summed E-state index contributed by atoms with van der Waals surface area (Å²) in [5, 5.41) is 19.1. The Morgan fingerprint density at radius 1 is 1.11 bits per heavy atom. The van der Waals surface area contributed by atoms with Crippen LogP contribution in [0.1, 0.15) is 35.1 Å². The number of fused-ring (bicyclic) bond motifs is 1. The number of carbonyl (C=O) groups is 1. The molecule has 0 bridgehead atoms. The van der Waals surface area contributed by atoms with E-state index in [1.807, 2.05) is 50.2 Å². The number of ether oxygens (including phenoxy) is 1. The molecule has 0 aliphatic rings. The molecule has 0 saturated heterocycles. The zero-order valence-electron chi connectivity index (χ0n) is 16.3. The van der Waals surface area contributed by atoms with Crippen LogP contribution in [0.3, 0.4) is 0 Å². The number of rotatable bonds is 10. The van der Waals surface area contributed by atoms with Crippen molar-refractivity contribution in [1.29, 1.82) is 0 Å². The fourth-order valence-corrected chi connectivity index (χ4v) is 2.71. The Morgan fingerprint density at radius 2 is 1.93 bits per heavy atom. The number of aryl methyl sites for hydroxylation is 1. The summed E-state index contributed by atoms with van der Waals surface area (Å²) in [7, 11) is 0. The summed E-state index contributed by atoms with van der Waals surface area (Å²) in [5.74, 6) is 1.37. The summed E-state index contributed by atoms with van der Waals surface area (Å²) in [5.41, 5.74) is 2.45. The lowest BCUT2D eigenvalue weighted by Crippen LogP contribution is -2.26. The van der Waals surface area contributed by atoms with Gasteiger partial charge in [-0.25, -0.2) is 0 Å². The van der Waals surface area contributed by atoms with Crippen molar-refractivity contribution >= 4 is 17.4 Å². The van der Waals surface area contributed by atoms with E-state index in [2.05, 4.69) is 25.9 Å². The normalized spacial score (nSPS) is 10.9. The van der Waals surface area contributed by atoms with Crippen LogP contribution < -0.4 is 10.6 Å². The fourth-order valence-electron chi connectivity index (χ4n) is 2.71. The van der Waals surface area contributed by atoms with Crippen LogP contribution in [-0.2, 0) is 11.2 Å². The van der Waals surface area contributed by atoms with Crippen LogP contribution in [0, 0.1) is 6.92 Å². The molecule has 0 saturated carbocycles. The maximum atomic E-state index is 12.2. The quantitative estimate of drug-likeness (QED) is 0.523. The molecule has 2 N–H and O–H groups in total. The Kier molecular flexibility index (Phi) is 6.91. The van der Waals surface area contributed by atoms with Gasteiger partial charge in [0.25, 0.3) is 5.91 Å². The summed E-state index contributed by atoms with van der Waals surface area (Å²) in [4.78, 5) is 12.2. The van der Waals surface area contributed by atoms with Crippen molar-refractivity contribution in [3.63, 3.8) is 0 Å². The Bertz CT molecular complexity index is 907. The molecule has 2 heterocycles. The Hall–Kier alpha value is -3.00. The van der Waals surface area contributed by atoms with Crippen molar-refractivity contribution in [2.24, 2.45) is 0 Å². The van der Waals surface area contributed by atoms with Crippen molar-refractivity contribution < 1.29 is 9.53 Å². The first-order chi connectivity index (χ1) is 13.7. The molecule has 0 atom stereocenters. The Morgan fingerprint density at radius 3 is 2.71 bits per heavy atom. The highest BCUT2D eigenvalue weighted by molar-refractivity contribution is 5.94. The maximum absolute atomic E-state index is 12.2. The van der Waals surface area contributed by atoms with Crippen LogP contribution in [0.5, 0.6) is 0 Å². The van der Waals surface area contributed by atoms with E-state index in [1.165, 1.54) is 0 Å². The molecule has 2 aromatic heterocycles. The Balaban J connectivity index is 1.54. The molecule has 0 aliphatic carbocycles. The number of hydrogen-bond acceptors (Lipinski definition) is 6. The van der Waals surface area contributed by atoms with E-state index < -0.39 is 0 Å². The first-order valence-electron chi connectivity index (χ1n) is 9.55. The monoisotopic (exact) mass is 382 g/mol. The van der Waals surface area contributed by atoms with Gasteiger partial charge in [-0.3, -0.25) is 4.79 Å². The summed E-state index contributed by atoms with van der Waals surface area (Å²) in [6.45, 7) is 6.68. The van der Waals surface area contributed by atoms with Crippen molar-refractivity contribution in [3.8, 4) is 0 Å². The molecule has 148 valence electrons. The van der Waals surface area contributed by atoms with E-state index in [4.69, 9.17) is 4.74 Å². The van der Waals surface area contributed by atoms with Gasteiger partial charge in [-0.2, -0.15) is 4.52 Å². The minimum absolute atomic E-state index is 0.0987. The topological polar surface area (TPSA) is 93.4 Å². The highest BCUT2D eigenvalue weighted by Gasteiger charge is 2.09. The molecule has 1 amide bonds. The molecule has 3 rings (SSSR count). The van der Waals surface area contributed by atoms with E-state index in [1.54, 1.807) is 4.52 Å². The van der Waals surface area contributed by atoms with Crippen LogP contribution in [0.4, 0.5) is 5.82 Å². The summed E-state index contributed by atoms with van der Waals surface area (Å²) in [6.07, 6.45) is 1.45. The second kappa shape index (κ2) is 9.80. The average Bonchev–Trinajstić information content (AvgIpc) is 3.10. The predicted octanol–water partition coefficient (Wildman–Crippen LogP) is 2.24. The average molecular weight is 382 g/mol. The molecular weight excluding hydrogens is 356 g/mol. The molecule has 0 unspecified atom stereocenters. The number of anilines is 1. The first kappa shape index (κ1) is 19.8. The zero-order chi connectivity index (χ0) is 19.8. The van der Waals surface area contributed by atoms with E-state index in [-0.39, 0.29) is 5.91 Å². The Labute approximate surface area is 164 Å². The summed E-state index contributed by atoms with van der Waals surface area (Å²) in [6, 6.07) is 11.2. The third-order valence-corrected chi connectivity index (χ3v) is 4.25. The predicted molar refractivity (Wildman–Crippen MR) is 108 cm³/mol. The van der Waals surface area contributed by atoms with Gasteiger partial charge in [0.15, 0.2) is 11.5 Å². The maximum Gasteiger partial charge on any atom is 0.251 e. The van der Waals surface area contributed by atoms with E-state index in [9.17, 15) is 4.79 Å². The number of carbonyl (C=O) groups excluding carboxylic acids is 1. The van der Waals surface area contributed by atoms with Gasteiger partial charge in [0.05, 0.1) is 0 Å². The number of aromatic nitrogens is 4. The highest BCUT2D eigenvalue weighted by Crippen LogP contribution is 2.08. The molecule has 28 heavy (non-hydrogen) atoms. The van der Waals surface area contributed by atoms with Gasteiger partial charge in [-0.1, -0.05) is 17.7 Å². The molecule has 0 aliphatic heterocycles. The molecule has 3 aromatic rings. The van der Waals surface area contributed by atoms with E-state index >= 15 is 0 Å². The second-order valence-electron chi connectivity index (χ2n) is 6.45. The molecule has 0 fully saturated rings. The van der Waals surface area contributed by atoms with Gasteiger partial charge in [-0.15, -0.1) is 15.3 Å².